The highest BCUT2D eigenvalue weighted by atomic mass is 32.2. The van der Waals surface area contributed by atoms with Gasteiger partial charge in [0.1, 0.15) is 11.6 Å². The van der Waals surface area contributed by atoms with Gasteiger partial charge in [-0.05, 0) is 92.2 Å². The number of thiophene rings is 1. The number of hydrogen-bond acceptors (Lipinski definition) is 6. The largest absolute Gasteiger partial charge is 0.412 e. The first kappa shape index (κ1) is 36.4. The van der Waals surface area contributed by atoms with E-state index in [0.717, 1.165) is 11.8 Å². The minimum atomic E-state index is -4.29. The van der Waals surface area contributed by atoms with Gasteiger partial charge in [0.15, 0.2) is 9.84 Å². The highest BCUT2D eigenvalue weighted by Crippen LogP contribution is 2.48. The number of carbonyl (C=O) groups is 1. The van der Waals surface area contributed by atoms with Crippen molar-refractivity contribution >= 4 is 52.9 Å². The first-order chi connectivity index (χ1) is 23.0. The van der Waals surface area contributed by atoms with Crippen LogP contribution in [0.2, 0.25) is 0 Å². The summed E-state index contributed by atoms with van der Waals surface area (Å²) in [6, 6.07) is 23.9. The van der Waals surface area contributed by atoms with Crippen molar-refractivity contribution in [1.82, 2.24) is 3.97 Å². The predicted molar refractivity (Wildman–Crippen MR) is 197 cm³/mol. The SMILES string of the molecule is O.[C-]#[N+]c1sccc1-c1c(-c2cccc(-c3ccc(C(C)(C)C(C)=O)c(S(C)(=O)=O)c3)c2)n(S(=O)(=O)c2ccc(C)cc2)c2ccc(F)cc12. The number of aromatic nitrogens is 1. The second-order valence-corrected chi connectivity index (χ2v) is 17.1. The summed E-state index contributed by atoms with van der Waals surface area (Å²) in [4.78, 5) is 16.2. The molecule has 0 spiro atoms. The van der Waals surface area contributed by atoms with Crippen molar-refractivity contribution in [2.75, 3.05) is 6.26 Å². The van der Waals surface area contributed by atoms with Crippen LogP contribution in [0.1, 0.15) is 31.9 Å². The number of nitrogens with zero attached hydrogens (tertiary/aromatic N) is 2. The summed E-state index contributed by atoms with van der Waals surface area (Å²) in [5.74, 6) is -0.758. The van der Waals surface area contributed by atoms with E-state index in [1.54, 1.807) is 73.8 Å². The van der Waals surface area contributed by atoms with Crippen molar-refractivity contribution in [1.29, 1.82) is 0 Å². The van der Waals surface area contributed by atoms with E-state index in [1.165, 1.54) is 58.6 Å². The van der Waals surface area contributed by atoms with Gasteiger partial charge < -0.3 is 5.48 Å². The van der Waals surface area contributed by atoms with E-state index in [9.17, 15) is 26.0 Å². The third-order valence-corrected chi connectivity index (χ3v) is 12.5. The molecule has 0 saturated heterocycles. The fourth-order valence-electron chi connectivity index (χ4n) is 5.97. The third-order valence-electron chi connectivity index (χ3n) is 8.87. The van der Waals surface area contributed by atoms with Gasteiger partial charge in [-0.15, -0.1) is 0 Å². The first-order valence-corrected chi connectivity index (χ1v) is 19.3. The molecule has 2 N–H and O–H groups in total. The maximum absolute atomic E-state index is 14.9. The summed E-state index contributed by atoms with van der Waals surface area (Å²) in [5, 5.41) is 2.36. The highest BCUT2D eigenvalue weighted by Gasteiger charge is 2.33. The lowest BCUT2D eigenvalue weighted by atomic mass is 9.80. The van der Waals surface area contributed by atoms with E-state index < -0.39 is 31.1 Å². The number of fused-ring (bicyclic) bond motifs is 1. The molecule has 50 heavy (non-hydrogen) atoms. The summed E-state index contributed by atoms with van der Waals surface area (Å²) >= 11 is 1.20. The van der Waals surface area contributed by atoms with Gasteiger partial charge in [-0.3, -0.25) is 4.79 Å². The van der Waals surface area contributed by atoms with Crippen molar-refractivity contribution in [3.05, 3.63) is 125 Å². The molecule has 0 atom stereocenters. The number of halogens is 1. The molecule has 6 aromatic rings. The Hall–Kier alpha value is -4.93. The van der Waals surface area contributed by atoms with Crippen LogP contribution in [0.4, 0.5) is 9.39 Å². The smallest absolute Gasteiger partial charge is 0.268 e. The number of aryl methyl sites for hydroxylation is 1. The van der Waals surface area contributed by atoms with Gasteiger partial charge in [0.05, 0.1) is 27.6 Å². The van der Waals surface area contributed by atoms with Gasteiger partial charge in [0.25, 0.3) is 10.0 Å². The van der Waals surface area contributed by atoms with Crippen LogP contribution in [0.25, 0.3) is 49.3 Å². The Morgan fingerprint density at radius 3 is 2.18 bits per heavy atom. The van der Waals surface area contributed by atoms with Gasteiger partial charge in [0, 0.05) is 33.7 Å². The zero-order valence-corrected chi connectivity index (χ0v) is 30.2. The Bertz CT molecular complexity index is 2580. The number of benzene rings is 4. The Labute approximate surface area is 294 Å². The summed E-state index contributed by atoms with van der Waals surface area (Å²) in [6.45, 7) is 14.5. The molecule has 256 valence electrons. The van der Waals surface area contributed by atoms with Crippen LogP contribution in [-0.4, -0.2) is 38.3 Å². The molecule has 0 unspecified atom stereocenters. The number of sulfone groups is 1. The molecule has 2 aromatic heterocycles. The van der Waals surface area contributed by atoms with E-state index in [-0.39, 0.29) is 32.3 Å². The van der Waals surface area contributed by atoms with E-state index in [0.29, 0.717) is 43.8 Å². The molecule has 0 aliphatic rings. The van der Waals surface area contributed by atoms with Gasteiger partial charge in [-0.1, -0.05) is 54.1 Å². The minimum absolute atomic E-state index is 0. The van der Waals surface area contributed by atoms with Crippen molar-refractivity contribution in [2.24, 2.45) is 0 Å². The second-order valence-electron chi connectivity index (χ2n) is 12.5. The van der Waals surface area contributed by atoms with Gasteiger partial charge in [-0.25, -0.2) is 30.0 Å². The van der Waals surface area contributed by atoms with Crippen LogP contribution < -0.4 is 0 Å². The molecule has 0 bridgehead atoms. The van der Waals surface area contributed by atoms with Crippen molar-refractivity contribution in [3.63, 3.8) is 0 Å². The molecule has 2 heterocycles. The topological polar surface area (TPSA) is 126 Å². The molecule has 12 heteroatoms. The summed E-state index contributed by atoms with van der Waals surface area (Å²) in [6.07, 6.45) is 1.10. The van der Waals surface area contributed by atoms with Crippen molar-refractivity contribution in [2.45, 2.75) is 42.9 Å². The average molecular weight is 729 g/mol. The van der Waals surface area contributed by atoms with Crippen LogP contribution in [-0.2, 0) is 30.1 Å². The number of hydrogen-bond donors (Lipinski definition) is 0. The van der Waals surface area contributed by atoms with E-state index in [1.807, 2.05) is 6.92 Å². The van der Waals surface area contributed by atoms with Crippen molar-refractivity contribution in [3.8, 4) is 33.5 Å². The summed E-state index contributed by atoms with van der Waals surface area (Å²) in [5.41, 5.74) is 3.03. The molecule has 0 fully saturated rings. The second kappa shape index (κ2) is 13.1. The fraction of sp³-hybridized carbons (Fsp3) is 0.158. The molecule has 0 aliphatic carbocycles. The lowest BCUT2D eigenvalue weighted by molar-refractivity contribution is -0.121. The number of Topliss-reactive ketones (excluding diaryl/α,β-unsaturated/α-hetero) is 1. The average Bonchev–Trinajstić information content (AvgIpc) is 3.66. The van der Waals surface area contributed by atoms with Gasteiger partial charge in [0.2, 0.25) is 5.00 Å². The Morgan fingerprint density at radius 1 is 0.880 bits per heavy atom. The van der Waals surface area contributed by atoms with E-state index in [4.69, 9.17) is 6.57 Å². The lowest BCUT2D eigenvalue weighted by Gasteiger charge is -2.25. The monoisotopic (exact) mass is 728 g/mol. The van der Waals surface area contributed by atoms with Crippen LogP contribution in [0.15, 0.2) is 106 Å². The molecule has 0 radical (unpaired) electrons. The number of ketones is 1. The lowest BCUT2D eigenvalue weighted by Crippen LogP contribution is -2.28. The third kappa shape index (κ3) is 6.18. The Balaban J connectivity index is 0.00000486. The van der Waals surface area contributed by atoms with Crippen LogP contribution in [0, 0.1) is 19.3 Å². The summed E-state index contributed by atoms with van der Waals surface area (Å²) < 4.78 is 71.4. The normalized spacial score (nSPS) is 12.0. The standard InChI is InChI=1S/C38H31FN2O5S3.H2O/c1-23-10-14-29(15-11-23)49(45,46)41-33-17-13-28(39)22-31(33)35(30-18-19-47-37(30)40-5)36(41)27-9-7-8-25(20-27)26-12-16-32(38(3,4)24(2)42)34(21-26)48(6,43)44;/h7-22H,1-4,6H3;1H2. The van der Waals surface area contributed by atoms with Gasteiger partial charge in [-0.2, -0.15) is 11.3 Å². The fourth-order valence-corrected chi connectivity index (χ4v) is 9.27. The van der Waals surface area contributed by atoms with Crippen LogP contribution in [0.3, 0.4) is 0 Å². The van der Waals surface area contributed by atoms with E-state index >= 15 is 0 Å². The van der Waals surface area contributed by atoms with E-state index in [2.05, 4.69) is 4.85 Å². The maximum atomic E-state index is 14.9. The molecular weight excluding hydrogens is 696 g/mol. The zero-order valence-electron chi connectivity index (χ0n) is 27.8. The molecule has 0 amide bonds. The van der Waals surface area contributed by atoms with Gasteiger partial charge >= 0.3 is 0 Å². The maximum Gasteiger partial charge on any atom is 0.268 e. The molecule has 4 aromatic carbocycles. The number of rotatable bonds is 8. The molecular formula is C38H33FN2O6S3. The quantitative estimate of drug-likeness (QED) is 0.146. The molecule has 6 rings (SSSR count). The minimum Gasteiger partial charge on any atom is -0.412 e. The van der Waals surface area contributed by atoms with Crippen LogP contribution in [0.5, 0.6) is 0 Å². The first-order valence-electron chi connectivity index (χ1n) is 15.1. The molecule has 0 aliphatic heterocycles. The predicted octanol–water partition coefficient (Wildman–Crippen LogP) is 8.38. The van der Waals surface area contributed by atoms with Crippen LogP contribution >= 0.6 is 11.3 Å². The number of carbonyl (C=O) groups excluding carboxylic acids is 1. The molecule has 0 saturated carbocycles. The zero-order chi connectivity index (χ0) is 35.5. The Morgan fingerprint density at radius 2 is 1.54 bits per heavy atom. The van der Waals surface area contributed by atoms with Crippen molar-refractivity contribution < 1.29 is 31.5 Å². The molecule has 8 nitrogen and oxygen atoms in total. The summed E-state index contributed by atoms with van der Waals surface area (Å²) in [7, 11) is -8.06. The Kier molecular flexibility index (Phi) is 9.51. The highest BCUT2D eigenvalue weighted by molar-refractivity contribution is 7.91.